The number of ether oxygens (including phenoxy) is 4. The van der Waals surface area contributed by atoms with E-state index in [0.717, 1.165) is 38.7 Å². The Balaban J connectivity index is 1.22. The lowest BCUT2D eigenvalue weighted by molar-refractivity contribution is -0.0931. The molecule has 0 saturated carbocycles. The Morgan fingerprint density at radius 2 is 1.47 bits per heavy atom. The molecule has 0 aliphatic carbocycles. The van der Waals surface area contributed by atoms with Gasteiger partial charge in [-0.25, -0.2) is 24.3 Å². The maximum absolute atomic E-state index is 9.56. The fourth-order valence-electron chi connectivity index (χ4n) is 8.97. The number of nitriles is 1. The Kier molecular flexibility index (Phi) is 17.0. The van der Waals surface area contributed by atoms with Crippen LogP contribution in [0.3, 0.4) is 0 Å². The minimum Gasteiger partial charge on any atom is -0.497 e. The summed E-state index contributed by atoms with van der Waals surface area (Å²) in [6, 6.07) is 40.9. The summed E-state index contributed by atoms with van der Waals surface area (Å²) in [6.07, 6.45) is 2.06. The van der Waals surface area contributed by atoms with Gasteiger partial charge in [0.15, 0.2) is 17.7 Å². The highest BCUT2D eigenvalue weighted by Gasteiger charge is 2.45. The molecule has 15 nitrogen and oxygen atoms in total. The molecule has 1 aliphatic rings. The molecule has 0 amide bonds. The van der Waals surface area contributed by atoms with Gasteiger partial charge in [0.2, 0.25) is 5.82 Å². The molecule has 0 bridgehead atoms. The number of benzene rings is 5. The van der Waals surface area contributed by atoms with Crippen LogP contribution in [-0.2, 0) is 24.1 Å². The highest BCUT2D eigenvalue weighted by atomic mass is 31.2. The number of hydrogen-bond acceptors (Lipinski definition) is 13. The van der Waals surface area contributed by atoms with E-state index in [9.17, 15) is 5.26 Å². The molecule has 0 spiro atoms. The van der Waals surface area contributed by atoms with Gasteiger partial charge in [-0.05, 0) is 110 Å². The molecule has 5 aromatic carbocycles. The average Bonchev–Trinajstić information content (AvgIpc) is 4.01. The topological polar surface area (TPSA) is 145 Å². The SMILES string of the molecule is COc1ccc(C(OC[C@H]2O[C@@H](n3ncc4c(/N=C/N(C)C)nc(C#Cc5ccc6cc(N(C)C)ccc6c5)nc43)C[C@@H]2OP(OCCC#N)N(C(C)C)C(C)C)(c2ccccc2)c2ccc(OC)cc2)cc1. The molecule has 4 atom stereocenters. The fourth-order valence-corrected chi connectivity index (χ4v) is 10.7. The van der Waals surface area contributed by atoms with Crippen LogP contribution < -0.4 is 14.4 Å². The summed E-state index contributed by atoms with van der Waals surface area (Å²) in [5.74, 6) is 8.66. The monoisotopic (exact) mass is 1000 g/mol. The Morgan fingerprint density at radius 3 is 2.08 bits per heavy atom. The zero-order chi connectivity index (χ0) is 51.6. The quantitative estimate of drug-likeness (QED) is 0.0179. The van der Waals surface area contributed by atoms with E-state index < -0.39 is 32.6 Å². The minimum absolute atomic E-state index is 0.0647. The first-order valence-corrected chi connectivity index (χ1v) is 25.5. The van der Waals surface area contributed by atoms with Gasteiger partial charge in [0.25, 0.3) is 8.53 Å². The van der Waals surface area contributed by atoms with E-state index in [1.54, 1.807) is 31.4 Å². The summed E-state index contributed by atoms with van der Waals surface area (Å²) in [5, 5.41) is 17.3. The molecule has 3 heterocycles. The Labute approximate surface area is 430 Å². The van der Waals surface area contributed by atoms with E-state index in [4.69, 9.17) is 48.1 Å². The summed E-state index contributed by atoms with van der Waals surface area (Å²) >= 11 is 0. The molecule has 8 rings (SSSR count). The predicted octanol–water partition coefficient (Wildman–Crippen LogP) is 10.6. The zero-order valence-electron chi connectivity index (χ0n) is 43.3. The van der Waals surface area contributed by atoms with Gasteiger partial charge in [-0.3, -0.25) is 0 Å². The molecular formula is C57H64N9O6P. The highest BCUT2D eigenvalue weighted by Crippen LogP contribution is 2.51. The molecule has 73 heavy (non-hydrogen) atoms. The first-order valence-electron chi connectivity index (χ1n) is 24.4. The van der Waals surface area contributed by atoms with Gasteiger partial charge in [0, 0.05) is 57.9 Å². The summed E-state index contributed by atoms with van der Waals surface area (Å²) in [6.45, 7) is 8.75. The lowest BCUT2D eigenvalue weighted by atomic mass is 9.80. The molecule has 7 aromatic rings. The molecule has 0 N–H and O–H groups in total. The van der Waals surface area contributed by atoms with E-state index in [-0.39, 0.29) is 37.5 Å². The minimum atomic E-state index is -1.69. The average molecular weight is 1000 g/mol. The highest BCUT2D eigenvalue weighted by molar-refractivity contribution is 7.44. The first-order chi connectivity index (χ1) is 35.3. The number of fused-ring (bicyclic) bond motifs is 2. The Hall–Kier alpha value is -6.94. The Bertz CT molecular complexity index is 3040. The maximum atomic E-state index is 9.56. The van der Waals surface area contributed by atoms with Crippen LogP contribution in [0.4, 0.5) is 11.5 Å². The van der Waals surface area contributed by atoms with Crippen molar-refractivity contribution in [1.29, 1.82) is 5.26 Å². The largest absolute Gasteiger partial charge is 0.497 e. The molecule has 1 fully saturated rings. The summed E-state index contributed by atoms with van der Waals surface area (Å²) in [5.41, 5.74) is 3.96. The summed E-state index contributed by atoms with van der Waals surface area (Å²) < 4.78 is 43.5. The van der Waals surface area contributed by atoms with E-state index in [1.165, 1.54) is 0 Å². The molecule has 16 heteroatoms. The van der Waals surface area contributed by atoms with Gasteiger partial charge in [-0.1, -0.05) is 72.7 Å². The van der Waals surface area contributed by atoms with Gasteiger partial charge in [0.05, 0.1) is 63.9 Å². The summed E-state index contributed by atoms with van der Waals surface area (Å²) in [4.78, 5) is 18.5. The normalized spacial score (nSPS) is 16.3. The third-order valence-electron chi connectivity index (χ3n) is 12.5. The number of methoxy groups -OCH3 is 2. The van der Waals surface area contributed by atoms with Crippen molar-refractivity contribution in [2.75, 3.05) is 60.5 Å². The van der Waals surface area contributed by atoms with Crippen LogP contribution in [0, 0.1) is 23.2 Å². The summed E-state index contributed by atoms with van der Waals surface area (Å²) in [7, 11) is 9.48. The van der Waals surface area contributed by atoms with E-state index >= 15 is 0 Å². The smallest absolute Gasteiger partial charge is 0.259 e. The number of nitrogens with zero attached hydrogens (tertiary/aromatic N) is 9. The third kappa shape index (κ3) is 12.0. The lowest BCUT2D eigenvalue weighted by Gasteiger charge is -2.39. The lowest BCUT2D eigenvalue weighted by Crippen LogP contribution is -2.39. The van der Waals surface area contributed by atoms with Gasteiger partial charge >= 0.3 is 0 Å². The van der Waals surface area contributed by atoms with Crippen molar-refractivity contribution in [3.63, 3.8) is 0 Å². The molecule has 1 saturated heterocycles. The Morgan fingerprint density at radius 1 is 0.822 bits per heavy atom. The van der Waals surface area contributed by atoms with Crippen molar-refractivity contribution in [2.45, 2.75) is 76.7 Å². The van der Waals surface area contributed by atoms with Crippen LogP contribution >= 0.6 is 8.53 Å². The van der Waals surface area contributed by atoms with Crippen molar-refractivity contribution in [3.05, 3.63) is 150 Å². The van der Waals surface area contributed by atoms with Crippen LogP contribution in [0.1, 0.15) is 74.8 Å². The standard InChI is InChI=1S/C57H64N9O6P/c1-39(2)66(40(3)4)73(70-32-14-31-58)72-51-35-54(71-52(51)37-69-57(44-15-12-11-13-16-44,45-21-26-48(67-9)27-22-45)46-23-28-49(68-10)29-24-46)65-56-50(36-60-65)55(59-38-63(5)6)61-53(62-56)30-18-41-17-19-43-34-47(64(7)8)25-20-42(43)33-41/h11-13,15-17,19-29,33-34,36,38-40,51-52,54H,14,32,35,37H2,1-10H3/b59-38+/t51-,52+,54+,73?/m0/s1. The van der Waals surface area contributed by atoms with Crippen LogP contribution in [-0.4, -0.2) is 116 Å². The van der Waals surface area contributed by atoms with E-state index in [1.807, 2.05) is 106 Å². The number of rotatable bonds is 20. The number of aliphatic imine (C=N–C) groups is 1. The van der Waals surface area contributed by atoms with Crippen LogP contribution in [0.25, 0.3) is 21.8 Å². The molecule has 378 valence electrons. The molecule has 2 aromatic heterocycles. The van der Waals surface area contributed by atoms with Crippen LogP contribution in [0.15, 0.2) is 126 Å². The van der Waals surface area contributed by atoms with Gasteiger partial charge < -0.3 is 37.8 Å². The predicted molar refractivity (Wildman–Crippen MR) is 288 cm³/mol. The number of anilines is 1. The second kappa shape index (κ2) is 23.7. The maximum Gasteiger partial charge on any atom is 0.259 e. The van der Waals surface area contributed by atoms with Crippen molar-refractivity contribution < 1.29 is 28.0 Å². The zero-order valence-corrected chi connectivity index (χ0v) is 44.2. The third-order valence-corrected chi connectivity index (χ3v) is 14.6. The van der Waals surface area contributed by atoms with Crippen molar-refractivity contribution in [1.82, 2.24) is 29.3 Å². The molecule has 0 radical (unpaired) electrons. The van der Waals surface area contributed by atoms with Crippen LogP contribution in [0.5, 0.6) is 11.5 Å². The van der Waals surface area contributed by atoms with E-state index in [2.05, 4.69) is 97.6 Å². The van der Waals surface area contributed by atoms with Crippen molar-refractivity contribution in [3.8, 4) is 29.4 Å². The second-order valence-corrected chi connectivity index (χ2v) is 20.1. The van der Waals surface area contributed by atoms with Crippen molar-refractivity contribution >= 4 is 48.2 Å². The number of aromatic nitrogens is 4. The second-order valence-electron chi connectivity index (χ2n) is 18.7. The fraction of sp³-hybridized carbons (Fsp3) is 0.351. The molecule has 1 aliphatic heterocycles. The first kappa shape index (κ1) is 52.4. The number of hydrogen-bond donors (Lipinski definition) is 0. The van der Waals surface area contributed by atoms with Crippen molar-refractivity contribution in [2.24, 2.45) is 4.99 Å². The molecular weight excluding hydrogens is 938 g/mol. The van der Waals surface area contributed by atoms with Gasteiger partial charge in [0.1, 0.15) is 23.2 Å². The van der Waals surface area contributed by atoms with Crippen LogP contribution in [0.2, 0.25) is 0 Å². The molecule has 1 unspecified atom stereocenters. The van der Waals surface area contributed by atoms with Gasteiger partial charge in [-0.2, -0.15) is 10.4 Å². The van der Waals surface area contributed by atoms with E-state index in [0.29, 0.717) is 34.8 Å². The van der Waals surface area contributed by atoms with Gasteiger partial charge in [-0.15, -0.1) is 0 Å².